The first kappa shape index (κ1) is 26.6. The molecule has 35 heavy (non-hydrogen) atoms. The van der Waals surface area contributed by atoms with Gasteiger partial charge in [0.15, 0.2) is 0 Å². The molecule has 0 fully saturated rings. The maximum Gasteiger partial charge on any atom is 0.416 e. The Hall–Kier alpha value is -3.00. The third-order valence-electron chi connectivity index (χ3n) is 5.43. The number of rotatable bonds is 9. The number of hydrogen-bond donors (Lipinski definition) is 0. The van der Waals surface area contributed by atoms with E-state index in [1.54, 1.807) is 6.07 Å². The average molecular weight is 496 g/mol. The van der Waals surface area contributed by atoms with Crippen LogP contribution >= 0.6 is 0 Å². The van der Waals surface area contributed by atoms with E-state index in [2.05, 4.69) is 0 Å². The summed E-state index contributed by atoms with van der Waals surface area (Å²) >= 11 is 0. The molecule has 3 aromatic rings. The summed E-state index contributed by atoms with van der Waals surface area (Å²) in [4.78, 5) is 1.93. The molecule has 2 nitrogen and oxygen atoms in total. The maximum atomic E-state index is 13.6. The van der Waals surface area contributed by atoms with Gasteiger partial charge in [0.2, 0.25) is 0 Å². The summed E-state index contributed by atoms with van der Waals surface area (Å²) in [6.07, 6.45) is -8.89. The van der Waals surface area contributed by atoms with Crippen molar-refractivity contribution in [2.45, 2.75) is 39.3 Å². The van der Waals surface area contributed by atoms with Crippen molar-refractivity contribution in [3.63, 3.8) is 0 Å². The van der Waals surface area contributed by atoms with Crippen LogP contribution in [0.25, 0.3) is 0 Å². The summed E-state index contributed by atoms with van der Waals surface area (Å²) in [6, 6.07) is 19.4. The van der Waals surface area contributed by atoms with Crippen LogP contribution < -0.4 is 4.74 Å². The lowest BCUT2D eigenvalue weighted by Gasteiger charge is -2.33. The number of alkyl halides is 6. The van der Waals surface area contributed by atoms with Crippen LogP contribution in [0.4, 0.5) is 26.3 Å². The Kier molecular flexibility index (Phi) is 8.15. The van der Waals surface area contributed by atoms with Crippen molar-refractivity contribution in [1.29, 1.82) is 0 Å². The predicted octanol–water partition coefficient (Wildman–Crippen LogP) is 7.83. The van der Waals surface area contributed by atoms with Crippen LogP contribution in [0.5, 0.6) is 5.75 Å². The molecule has 0 bridgehead atoms. The molecule has 3 aromatic carbocycles. The van der Waals surface area contributed by atoms with Crippen LogP contribution in [-0.4, -0.2) is 18.1 Å². The Morgan fingerprint density at radius 1 is 0.686 bits per heavy atom. The van der Waals surface area contributed by atoms with Crippen LogP contribution in [0.2, 0.25) is 0 Å². The monoisotopic (exact) mass is 495 g/mol. The van der Waals surface area contributed by atoms with Gasteiger partial charge in [0.25, 0.3) is 0 Å². The number of hydrogen-bond acceptors (Lipinski definition) is 2. The summed E-state index contributed by atoms with van der Waals surface area (Å²) in [5.74, 6) is 0.295. The smallest absolute Gasteiger partial charge is 0.416 e. The summed E-state index contributed by atoms with van der Waals surface area (Å²) < 4.78 is 84.8. The topological polar surface area (TPSA) is 12.5 Å². The molecule has 0 atom stereocenters. The van der Waals surface area contributed by atoms with Crippen molar-refractivity contribution in [2.24, 2.45) is 5.41 Å². The second kappa shape index (κ2) is 10.7. The maximum absolute atomic E-state index is 13.6. The SMILES string of the molecule is CC(C)(COc1ccc(C(F)(F)F)cc1)CN(Cc1ccccc1)Cc1ccccc1C(F)(F)F. The van der Waals surface area contributed by atoms with E-state index >= 15 is 0 Å². The van der Waals surface area contributed by atoms with Crippen LogP contribution in [0, 0.1) is 5.41 Å². The van der Waals surface area contributed by atoms with E-state index in [4.69, 9.17) is 4.74 Å². The fraction of sp³-hybridized carbons (Fsp3) is 0.333. The largest absolute Gasteiger partial charge is 0.493 e. The van der Waals surface area contributed by atoms with Crippen molar-refractivity contribution in [3.8, 4) is 5.75 Å². The molecule has 0 heterocycles. The van der Waals surface area contributed by atoms with Crippen LogP contribution in [0.3, 0.4) is 0 Å². The Bertz CT molecular complexity index is 1080. The second-order valence-electron chi connectivity index (χ2n) is 9.26. The molecule has 188 valence electrons. The van der Waals surface area contributed by atoms with E-state index < -0.39 is 28.9 Å². The van der Waals surface area contributed by atoms with E-state index in [-0.39, 0.29) is 18.7 Å². The molecule has 0 aromatic heterocycles. The highest BCUT2D eigenvalue weighted by Crippen LogP contribution is 2.34. The van der Waals surface area contributed by atoms with Gasteiger partial charge in [-0.3, -0.25) is 4.90 Å². The fourth-order valence-corrected chi connectivity index (χ4v) is 3.85. The molecule has 8 heteroatoms. The van der Waals surface area contributed by atoms with Crippen molar-refractivity contribution < 1.29 is 31.1 Å². The third kappa shape index (κ3) is 8.02. The molecule has 0 saturated carbocycles. The van der Waals surface area contributed by atoms with Gasteiger partial charge in [0, 0.05) is 25.0 Å². The summed E-state index contributed by atoms with van der Waals surface area (Å²) in [5, 5.41) is 0. The molecular formula is C27H27F6NO. The van der Waals surface area contributed by atoms with Gasteiger partial charge in [-0.05, 0) is 41.5 Å². The van der Waals surface area contributed by atoms with Crippen molar-refractivity contribution in [1.82, 2.24) is 4.90 Å². The minimum absolute atomic E-state index is 0.0777. The van der Waals surface area contributed by atoms with Gasteiger partial charge in [-0.2, -0.15) is 26.3 Å². The quantitative estimate of drug-likeness (QED) is 0.281. The van der Waals surface area contributed by atoms with Crippen molar-refractivity contribution in [3.05, 3.63) is 101 Å². The van der Waals surface area contributed by atoms with E-state index in [0.29, 0.717) is 18.8 Å². The Balaban J connectivity index is 1.75. The molecule has 0 saturated heterocycles. The number of nitrogens with zero attached hydrogens (tertiary/aromatic N) is 1. The first-order chi connectivity index (χ1) is 16.3. The number of ether oxygens (including phenoxy) is 1. The first-order valence-corrected chi connectivity index (χ1v) is 11.0. The lowest BCUT2D eigenvalue weighted by molar-refractivity contribution is -0.139. The molecule has 0 spiro atoms. The van der Waals surface area contributed by atoms with Gasteiger partial charge in [0.05, 0.1) is 17.7 Å². The van der Waals surface area contributed by atoms with E-state index in [1.165, 1.54) is 24.3 Å². The molecule has 0 radical (unpaired) electrons. The Morgan fingerprint density at radius 2 is 1.29 bits per heavy atom. The highest BCUT2D eigenvalue weighted by atomic mass is 19.4. The number of benzene rings is 3. The lowest BCUT2D eigenvalue weighted by Crippen LogP contribution is -2.37. The van der Waals surface area contributed by atoms with E-state index in [9.17, 15) is 26.3 Å². The van der Waals surface area contributed by atoms with Gasteiger partial charge in [0.1, 0.15) is 5.75 Å². The zero-order chi connectivity index (χ0) is 25.7. The van der Waals surface area contributed by atoms with Crippen molar-refractivity contribution in [2.75, 3.05) is 13.2 Å². The van der Waals surface area contributed by atoms with Crippen LogP contribution in [0.15, 0.2) is 78.9 Å². The summed E-state index contributed by atoms with van der Waals surface area (Å²) in [7, 11) is 0. The van der Waals surface area contributed by atoms with Gasteiger partial charge in [-0.25, -0.2) is 0 Å². The fourth-order valence-electron chi connectivity index (χ4n) is 3.85. The Labute approximate surface area is 201 Å². The highest BCUT2D eigenvalue weighted by molar-refractivity contribution is 5.30. The molecule has 0 aliphatic rings. The van der Waals surface area contributed by atoms with Gasteiger partial charge in [-0.15, -0.1) is 0 Å². The predicted molar refractivity (Wildman–Crippen MR) is 123 cm³/mol. The van der Waals surface area contributed by atoms with Crippen molar-refractivity contribution >= 4 is 0 Å². The Morgan fingerprint density at radius 3 is 1.89 bits per heavy atom. The van der Waals surface area contributed by atoms with Gasteiger partial charge in [-0.1, -0.05) is 62.4 Å². The average Bonchev–Trinajstić information content (AvgIpc) is 2.77. The summed E-state index contributed by atoms with van der Waals surface area (Å²) in [5.41, 5.74) is -0.810. The van der Waals surface area contributed by atoms with Gasteiger partial charge < -0.3 is 4.74 Å². The molecular weight excluding hydrogens is 468 g/mol. The first-order valence-electron chi connectivity index (χ1n) is 11.0. The zero-order valence-corrected chi connectivity index (χ0v) is 19.5. The van der Waals surface area contributed by atoms with Crippen LogP contribution in [0.1, 0.15) is 36.1 Å². The highest BCUT2D eigenvalue weighted by Gasteiger charge is 2.34. The second-order valence-corrected chi connectivity index (χ2v) is 9.26. The van der Waals surface area contributed by atoms with Gasteiger partial charge >= 0.3 is 12.4 Å². The lowest BCUT2D eigenvalue weighted by atomic mass is 9.93. The molecule has 0 amide bonds. The van der Waals surface area contributed by atoms with E-state index in [1.807, 2.05) is 49.1 Å². The molecule has 0 unspecified atom stereocenters. The normalized spacial score (nSPS) is 12.7. The third-order valence-corrected chi connectivity index (χ3v) is 5.43. The summed E-state index contributed by atoms with van der Waals surface area (Å²) in [6.45, 7) is 4.89. The molecule has 0 aliphatic heterocycles. The van der Waals surface area contributed by atoms with E-state index in [0.717, 1.165) is 23.8 Å². The standard InChI is InChI=1S/C27H27F6NO/c1-25(2,19-35-23-14-12-22(13-15-23)26(28,29)30)18-34(16-20-8-4-3-5-9-20)17-21-10-6-7-11-24(21)27(31,32)33/h3-15H,16-19H2,1-2H3. The molecule has 0 N–H and O–H groups in total. The molecule has 3 rings (SSSR count). The minimum atomic E-state index is -4.46. The molecule has 0 aliphatic carbocycles. The zero-order valence-electron chi connectivity index (χ0n) is 19.5. The minimum Gasteiger partial charge on any atom is -0.493 e. The van der Waals surface area contributed by atoms with Crippen LogP contribution in [-0.2, 0) is 25.4 Å². The number of halogens is 6.